The number of anilines is 2. The Kier molecular flexibility index (Phi) is 6.23. The first-order valence-corrected chi connectivity index (χ1v) is 8.81. The van der Waals surface area contributed by atoms with Gasteiger partial charge < -0.3 is 15.1 Å². The third-order valence-corrected chi connectivity index (χ3v) is 4.20. The Morgan fingerprint density at radius 2 is 1.67 bits per heavy atom. The van der Waals surface area contributed by atoms with E-state index in [2.05, 4.69) is 10.2 Å². The van der Waals surface area contributed by atoms with Crippen LogP contribution in [0.3, 0.4) is 0 Å². The molecular formula is C19H29N3O2. The molecule has 0 aliphatic carbocycles. The van der Waals surface area contributed by atoms with Crippen molar-refractivity contribution in [1.82, 2.24) is 4.90 Å². The smallest absolute Gasteiger partial charge is 0.225 e. The van der Waals surface area contributed by atoms with Crippen LogP contribution in [-0.2, 0) is 9.59 Å². The normalized spacial score (nSPS) is 15.1. The predicted octanol–water partition coefficient (Wildman–Crippen LogP) is 2.98. The second kappa shape index (κ2) is 8.18. The maximum absolute atomic E-state index is 12.1. The lowest BCUT2D eigenvalue weighted by molar-refractivity contribution is -0.134. The molecule has 5 nitrogen and oxygen atoms in total. The summed E-state index contributed by atoms with van der Waals surface area (Å²) >= 11 is 0. The van der Waals surface area contributed by atoms with Gasteiger partial charge in [-0.05, 0) is 18.1 Å². The van der Waals surface area contributed by atoms with Gasteiger partial charge >= 0.3 is 0 Å². The molecule has 1 aromatic rings. The molecule has 1 aromatic carbocycles. The van der Waals surface area contributed by atoms with E-state index >= 15 is 0 Å². The van der Waals surface area contributed by atoms with Gasteiger partial charge in [-0.1, -0.05) is 39.8 Å². The summed E-state index contributed by atoms with van der Waals surface area (Å²) in [5.74, 6) is 0.640. The summed E-state index contributed by atoms with van der Waals surface area (Å²) in [5.41, 5.74) is 1.89. The van der Waals surface area contributed by atoms with E-state index in [0.29, 0.717) is 12.3 Å². The van der Waals surface area contributed by atoms with Gasteiger partial charge in [0.05, 0.1) is 11.4 Å². The van der Waals surface area contributed by atoms with E-state index in [9.17, 15) is 9.59 Å². The van der Waals surface area contributed by atoms with Crippen LogP contribution in [0.4, 0.5) is 11.4 Å². The third kappa shape index (κ3) is 4.73. The Hall–Kier alpha value is -2.04. The second-order valence-electron chi connectivity index (χ2n) is 7.13. The number of hydrogen-bond donors (Lipinski definition) is 1. The average Bonchev–Trinajstić information content (AvgIpc) is 2.54. The first kappa shape index (κ1) is 18.3. The van der Waals surface area contributed by atoms with Crippen LogP contribution < -0.4 is 10.2 Å². The Bertz CT molecular complexity index is 576. The number of hydrogen-bond acceptors (Lipinski definition) is 3. The number of piperazine rings is 1. The Labute approximate surface area is 145 Å². The predicted molar refractivity (Wildman–Crippen MR) is 98.2 cm³/mol. The lowest BCUT2D eigenvalue weighted by Gasteiger charge is -2.37. The van der Waals surface area contributed by atoms with Gasteiger partial charge in [-0.2, -0.15) is 0 Å². The average molecular weight is 331 g/mol. The van der Waals surface area contributed by atoms with Crippen molar-refractivity contribution in [3.63, 3.8) is 0 Å². The molecule has 1 fully saturated rings. The molecule has 1 saturated heterocycles. The lowest BCUT2D eigenvalue weighted by Crippen LogP contribution is -2.50. The van der Waals surface area contributed by atoms with Crippen molar-refractivity contribution < 1.29 is 9.59 Å². The minimum absolute atomic E-state index is 0.0409. The highest BCUT2D eigenvalue weighted by Gasteiger charge is 2.24. The molecule has 0 spiro atoms. The first-order chi connectivity index (χ1) is 11.4. The number of rotatable bonds is 5. The molecule has 0 radical (unpaired) electrons. The molecule has 0 bridgehead atoms. The van der Waals surface area contributed by atoms with E-state index < -0.39 is 0 Å². The van der Waals surface area contributed by atoms with Gasteiger partial charge in [-0.25, -0.2) is 0 Å². The van der Waals surface area contributed by atoms with Crippen LogP contribution in [-0.4, -0.2) is 42.9 Å². The fourth-order valence-electron chi connectivity index (χ4n) is 2.96. The van der Waals surface area contributed by atoms with Crippen molar-refractivity contribution in [2.24, 2.45) is 11.8 Å². The molecule has 0 atom stereocenters. The van der Waals surface area contributed by atoms with Gasteiger partial charge in [0.25, 0.3) is 0 Å². The van der Waals surface area contributed by atoms with Crippen LogP contribution in [0.1, 0.15) is 34.1 Å². The Morgan fingerprint density at radius 3 is 2.25 bits per heavy atom. The Balaban J connectivity index is 2.03. The monoisotopic (exact) mass is 331 g/mol. The van der Waals surface area contributed by atoms with Gasteiger partial charge in [0.15, 0.2) is 0 Å². The number of carbonyl (C=O) groups is 2. The molecule has 2 amide bonds. The summed E-state index contributed by atoms with van der Waals surface area (Å²) in [6.07, 6.45) is 0.519. The molecular weight excluding hydrogens is 302 g/mol. The van der Waals surface area contributed by atoms with Crippen molar-refractivity contribution in [2.75, 3.05) is 36.4 Å². The molecule has 132 valence electrons. The molecule has 0 aromatic heterocycles. The highest BCUT2D eigenvalue weighted by atomic mass is 16.2. The highest BCUT2D eigenvalue weighted by molar-refractivity contribution is 5.94. The first-order valence-electron chi connectivity index (χ1n) is 8.81. The minimum Gasteiger partial charge on any atom is -0.366 e. The van der Waals surface area contributed by atoms with Gasteiger partial charge in [0, 0.05) is 38.5 Å². The van der Waals surface area contributed by atoms with E-state index in [-0.39, 0.29) is 17.7 Å². The zero-order valence-corrected chi connectivity index (χ0v) is 15.2. The van der Waals surface area contributed by atoms with E-state index in [4.69, 9.17) is 0 Å². The standard InChI is InChI=1S/C19H29N3O2/c1-14(2)13-18(23)20-16-7-5-6-8-17(16)21-9-11-22(12-10-21)19(24)15(3)4/h5-8,14-15H,9-13H2,1-4H3,(H,20,23). The van der Waals surface area contributed by atoms with Crippen molar-refractivity contribution in [3.05, 3.63) is 24.3 Å². The second-order valence-corrected chi connectivity index (χ2v) is 7.13. The van der Waals surface area contributed by atoms with Crippen molar-refractivity contribution >= 4 is 23.2 Å². The minimum atomic E-state index is 0.0409. The molecule has 1 aliphatic rings. The summed E-state index contributed by atoms with van der Waals surface area (Å²) in [4.78, 5) is 28.4. The zero-order valence-electron chi connectivity index (χ0n) is 15.2. The summed E-state index contributed by atoms with van der Waals surface area (Å²) in [6, 6.07) is 7.90. The van der Waals surface area contributed by atoms with E-state index in [1.54, 1.807) is 0 Å². The fraction of sp³-hybridized carbons (Fsp3) is 0.579. The summed E-state index contributed by atoms with van der Waals surface area (Å²) in [7, 11) is 0. The van der Waals surface area contributed by atoms with Crippen LogP contribution in [0.5, 0.6) is 0 Å². The van der Waals surface area contributed by atoms with Crippen LogP contribution in [0.25, 0.3) is 0 Å². The molecule has 1 N–H and O–H groups in total. The van der Waals surface area contributed by atoms with Crippen LogP contribution >= 0.6 is 0 Å². The SMILES string of the molecule is CC(C)CC(=O)Nc1ccccc1N1CCN(C(=O)C(C)C)CC1. The van der Waals surface area contributed by atoms with Gasteiger partial charge in [0.2, 0.25) is 11.8 Å². The largest absolute Gasteiger partial charge is 0.366 e. The van der Waals surface area contributed by atoms with E-state index in [1.165, 1.54) is 0 Å². The number of nitrogens with one attached hydrogen (secondary N) is 1. The zero-order chi connectivity index (χ0) is 17.7. The molecule has 1 aliphatic heterocycles. The van der Waals surface area contributed by atoms with E-state index in [0.717, 1.165) is 37.6 Å². The quantitative estimate of drug-likeness (QED) is 0.902. The van der Waals surface area contributed by atoms with E-state index in [1.807, 2.05) is 56.9 Å². The highest BCUT2D eigenvalue weighted by Crippen LogP contribution is 2.27. The molecule has 1 heterocycles. The summed E-state index contributed by atoms with van der Waals surface area (Å²) < 4.78 is 0. The summed E-state index contributed by atoms with van der Waals surface area (Å²) in [6.45, 7) is 11.0. The Morgan fingerprint density at radius 1 is 1.04 bits per heavy atom. The van der Waals surface area contributed by atoms with Gasteiger partial charge in [-0.15, -0.1) is 0 Å². The number of carbonyl (C=O) groups excluding carboxylic acids is 2. The number of para-hydroxylation sites is 2. The number of nitrogens with zero attached hydrogens (tertiary/aromatic N) is 2. The number of benzene rings is 1. The molecule has 0 unspecified atom stereocenters. The molecule has 2 rings (SSSR count). The topological polar surface area (TPSA) is 52.7 Å². The van der Waals surface area contributed by atoms with Gasteiger partial charge in [-0.3, -0.25) is 9.59 Å². The maximum atomic E-state index is 12.1. The molecule has 5 heteroatoms. The van der Waals surface area contributed by atoms with Crippen molar-refractivity contribution in [2.45, 2.75) is 34.1 Å². The maximum Gasteiger partial charge on any atom is 0.225 e. The van der Waals surface area contributed by atoms with Gasteiger partial charge in [0.1, 0.15) is 0 Å². The molecule has 24 heavy (non-hydrogen) atoms. The lowest BCUT2D eigenvalue weighted by atomic mass is 10.1. The third-order valence-electron chi connectivity index (χ3n) is 4.20. The number of amides is 2. The van der Waals surface area contributed by atoms with Crippen LogP contribution in [0.15, 0.2) is 24.3 Å². The van der Waals surface area contributed by atoms with Crippen LogP contribution in [0, 0.1) is 11.8 Å². The van der Waals surface area contributed by atoms with Crippen molar-refractivity contribution in [1.29, 1.82) is 0 Å². The summed E-state index contributed by atoms with van der Waals surface area (Å²) in [5, 5.41) is 3.03. The van der Waals surface area contributed by atoms with Crippen LogP contribution in [0.2, 0.25) is 0 Å². The fourth-order valence-corrected chi connectivity index (χ4v) is 2.96. The molecule has 0 saturated carbocycles. The van der Waals surface area contributed by atoms with Crippen molar-refractivity contribution in [3.8, 4) is 0 Å².